The molecule has 1 aliphatic heterocycles. The SMILES string of the molecule is Cl.Fc1cc(F)cc([C@@H]2CCON2)c1. The van der Waals surface area contributed by atoms with E-state index in [1.165, 1.54) is 12.1 Å². The molecule has 0 saturated carbocycles. The Bertz CT molecular complexity index is 295. The van der Waals surface area contributed by atoms with Crippen molar-refractivity contribution in [3.63, 3.8) is 0 Å². The molecule has 0 spiro atoms. The highest BCUT2D eigenvalue weighted by Gasteiger charge is 2.18. The molecule has 1 heterocycles. The first kappa shape index (κ1) is 11.4. The summed E-state index contributed by atoms with van der Waals surface area (Å²) >= 11 is 0. The first-order chi connectivity index (χ1) is 6.25. The van der Waals surface area contributed by atoms with Gasteiger partial charge in [-0.15, -0.1) is 12.4 Å². The van der Waals surface area contributed by atoms with Gasteiger partial charge in [0.05, 0.1) is 12.6 Å². The second-order valence-electron chi connectivity index (χ2n) is 3.01. The van der Waals surface area contributed by atoms with Crippen molar-refractivity contribution in [3.05, 3.63) is 35.4 Å². The van der Waals surface area contributed by atoms with E-state index < -0.39 is 11.6 Å². The van der Waals surface area contributed by atoms with E-state index in [4.69, 9.17) is 4.84 Å². The van der Waals surface area contributed by atoms with E-state index >= 15 is 0 Å². The number of halogens is 3. The fourth-order valence-corrected chi connectivity index (χ4v) is 1.41. The molecule has 2 nitrogen and oxygen atoms in total. The van der Waals surface area contributed by atoms with Crippen LogP contribution in [0.5, 0.6) is 0 Å². The van der Waals surface area contributed by atoms with Crippen LogP contribution in [0.3, 0.4) is 0 Å². The van der Waals surface area contributed by atoms with Crippen LogP contribution >= 0.6 is 12.4 Å². The minimum Gasteiger partial charge on any atom is -0.301 e. The third-order valence-corrected chi connectivity index (χ3v) is 2.02. The van der Waals surface area contributed by atoms with Crippen LogP contribution in [0.4, 0.5) is 8.78 Å². The standard InChI is InChI=1S/C9H9F2NO.ClH/c10-7-3-6(4-8(11)5-7)9-1-2-13-12-9;/h3-5,9,12H,1-2H2;1H/t9-;/m0./s1. The van der Waals surface area contributed by atoms with E-state index in [0.717, 1.165) is 12.5 Å². The third-order valence-electron chi connectivity index (χ3n) is 2.02. The molecule has 14 heavy (non-hydrogen) atoms. The lowest BCUT2D eigenvalue weighted by Crippen LogP contribution is -2.11. The van der Waals surface area contributed by atoms with Gasteiger partial charge < -0.3 is 4.84 Å². The molecule has 0 radical (unpaired) electrons. The summed E-state index contributed by atoms with van der Waals surface area (Å²) in [7, 11) is 0. The maximum absolute atomic E-state index is 12.8. The van der Waals surface area contributed by atoms with Crippen molar-refractivity contribution >= 4 is 12.4 Å². The van der Waals surface area contributed by atoms with Crippen molar-refractivity contribution in [3.8, 4) is 0 Å². The van der Waals surface area contributed by atoms with Crippen LogP contribution < -0.4 is 5.48 Å². The van der Waals surface area contributed by atoms with Crippen LogP contribution in [0.25, 0.3) is 0 Å². The van der Waals surface area contributed by atoms with Gasteiger partial charge >= 0.3 is 0 Å². The molecular weight excluding hydrogens is 212 g/mol. The van der Waals surface area contributed by atoms with Crippen molar-refractivity contribution in [1.29, 1.82) is 0 Å². The zero-order chi connectivity index (χ0) is 9.26. The van der Waals surface area contributed by atoms with Gasteiger partial charge in [0.2, 0.25) is 0 Å². The van der Waals surface area contributed by atoms with Gasteiger partial charge in [-0.25, -0.2) is 8.78 Å². The van der Waals surface area contributed by atoms with Gasteiger partial charge in [-0.1, -0.05) is 0 Å². The van der Waals surface area contributed by atoms with Crippen LogP contribution in [0, 0.1) is 11.6 Å². The van der Waals surface area contributed by atoms with Gasteiger partial charge in [-0.05, 0) is 24.1 Å². The molecule has 1 N–H and O–H groups in total. The summed E-state index contributed by atoms with van der Waals surface area (Å²) in [6.45, 7) is 0.572. The molecule has 0 aromatic heterocycles. The third kappa shape index (κ3) is 2.41. The average molecular weight is 222 g/mol. The molecule has 1 saturated heterocycles. The predicted molar refractivity (Wildman–Crippen MR) is 50.1 cm³/mol. The minimum atomic E-state index is -0.552. The summed E-state index contributed by atoms with van der Waals surface area (Å²) in [5.74, 6) is -1.10. The van der Waals surface area contributed by atoms with Gasteiger partial charge in [0, 0.05) is 6.07 Å². The molecule has 0 bridgehead atoms. The minimum absolute atomic E-state index is 0. The van der Waals surface area contributed by atoms with E-state index in [9.17, 15) is 8.78 Å². The Morgan fingerprint density at radius 2 is 1.86 bits per heavy atom. The Morgan fingerprint density at radius 1 is 1.21 bits per heavy atom. The van der Waals surface area contributed by atoms with Crippen LogP contribution in [0.15, 0.2) is 18.2 Å². The van der Waals surface area contributed by atoms with Gasteiger partial charge in [0.15, 0.2) is 0 Å². The Kier molecular flexibility index (Phi) is 3.80. The summed E-state index contributed by atoms with van der Waals surface area (Å²) in [4.78, 5) is 4.90. The number of hydrogen-bond acceptors (Lipinski definition) is 2. The molecule has 2 rings (SSSR count). The van der Waals surface area contributed by atoms with E-state index in [-0.39, 0.29) is 18.4 Å². The average Bonchev–Trinajstić information content (AvgIpc) is 2.53. The van der Waals surface area contributed by atoms with Crippen LogP contribution in [-0.2, 0) is 4.84 Å². The lowest BCUT2D eigenvalue weighted by atomic mass is 10.1. The number of hydroxylamine groups is 1. The molecule has 1 atom stereocenters. The Morgan fingerprint density at radius 3 is 2.36 bits per heavy atom. The van der Waals surface area contributed by atoms with Gasteiger partial charge in [0.1, 0.15) is 11.6 Å². The monoisotopic (exact) mass is 221 g/mol. The Labute approximate surface area is 86.6 Å². The summed E-state index contributed by atoms with van der Waals surface area (Å²) in [6, 6.07) is 3.40. The van der Waals surface area contributed by atoms with Crippen LogP contribution in [0.2, 0.25) is 0 Å². The highest BCUT2D eigenvalue weighted by Crippen LogP contribution is 2.22. The Balaban J connectivity index is 0.000000980. The quantitative estimate of drug-likeness (QED) is 0.786. The van der Waals surface area contributed by atoms with Gasteiger partial charge in [-0.3, -0.25) is 0 Å². The maximum Gasteiger partial charge on any atom is 0.126 e. The summed E-state index contributed by atoms with van der Waals surface area (Å²) < 4.78 is 25.5. The molecule has 0 amide bonds. The molecular formula is C9H10ClF2NO. The van der Waals surface area contributed by atoms with E-state index in [2.05, 4.69) is 5.48 Å². The molecule has 1 aromatic carbocycles. The number of hydrogen-bond donors (Lipinski definition) is 1. The molecule has 1 aliphatic rings. The molecule has 1 aromatic rings. The van der Waals surface area contributed by atoms with Gasteiger partial charge in [0.25, 0.3) is 0 Å². The van der Waals surface area contributed by atoms with Crippen LogP contribution in [-0.4, -0.2) is 6.61 Å². The fourth-order valence-electron chi connectivity index (χ4n) is 1.41. The molecule has 5 heteroatoms. The van der Waals surface area contributed by atoms with E-state index in [0.29, 0.717) is 12.2 Å². The van der Waals surface area contributed by atoms with E-state index in [1.54, 1.807) is 0 Å². The first-order valence-corrected chi connectivity index (χ1v) is 4.09. The van der Waals surface area contributed by atoms with Crippen molar-refractivity contribution in [1.82, 2.24) is 5.48 Å². The second kappa shape index (κ2) is 4.68. The summed E-state index contributed by atoms with van der Waals surface area (Å²) in [6.07, 6.45) is 0.739. The van der Waals surface area contributed by atoms with Crippen molar-refractivity contribution in [2.24, 2.45) is 0 Å². The number of rotatable bonds is 1. The zero-order valence-electron chi connectivity index (χ0n) is 7.30. The van der Waals surface area contributed by atoms with Crippen molar-refractivity contribution in [2.45, 2.75) is 12.5 Å². The second-order valence-corrected chi connectivity index (χ2v) is 3.01. The molecule has 0 unspecified atom stereocenters. The highest BCUT2D eigenvalue weighted by molar-refractivity contribution is 5.85. The van der Waals surface area contributed by atoms with Crippen LogP contribution in [0.1, 0.15) is 18.0 Å². The maximum atomic E-state index is 12.8. The highest BCUT2D eigenvalue weighted by atomic mass is 35.5. The topological polar surface area (TPSA) is 21.3 Å². The number of nitrogens with one attached hydrogen (secondary N) is 1. The smallest absolute Gasteiger partial charge is 0.126 e. The lowest BCUT2D eigenvalue weighted by Gasteiger charge is -2.08. The van der Waals surface area contributed by atoms with Crippen molar-refractivity contribution < 1.29 is 13.6 Å². The molecule has 0 aliphatic carbocycles. The normalized spacial score (nSPS) is 20.6. The Hall–Kier alpha value is -0.710. The largest absolute Gasteiger partial charge is 0.301 e. The van der Waals surface area contributed by atoms with Crippen molar-refractivity contribution in [2.75, 3.05) is 6.61 Å². The zero-order valence-corrected chi connectivity index (χ0v) is 8.11. The summed E-state index contributed by atoms with van der Waals surface area (Å²) in [5, 5.41) is 0. The fraction of sp³-hybridized carbons (Fsp3) is 0.333. The predicted octanol–water partition coefficient (Wildman–Crippen LogP) is 2.35. The number of benzene rings is 1. The summed E-state index contributed by atoms with van der Waals surface area (Å²) in [5.41, 5.74) is 3.29. The van der Waals surface area contributed by atoms with Gasteiger partial charge in [-0.2, -0.15) is 5.48 Å². The molecule has 78 valence electrons. The first-order valence-electron chi connectivity index (χ1n) is 4.09. The van der Waals surface area contributed by atoms with E-state index in [1.807, 2.05) is 0 Å². The molecule has 1 fully saturated rings. The lowest BCUT2D eigenvalue weighted by molar-refractivity contribution is 0.0882.